The van der Waals surface area contributed by atoms with Crippen molar-refractivity contribution in [3.63, 3.8) is 0 Å². The van der Waals surface area contributed by atoms with Crippen LogP contribution in [0.2, 0.25) is 0 Å². The van der Waals surface area contributed by atoms with Crippen LogP contribution in [0.15, 0.2) is 5.16 Å². The number of aromatic nitrogens is 3. The molecule has 0 radical (unpaired) electrons. The van der Waals surface area contributed by atoms with Gasteiger partial charge in [-0.3, -0.25) is 9.59 Å². The second-order valence-corrected chi connectivity index (χ2v) is 10.2. The van der Waals surface area contributed by atoms with Crippen LogP contribution in [0.4, 0.5) is 0 Å². The molecule has 2 saturated carbocycles. The number of carbonyl (C=O) groups is 2. The van der Waals surface area contributed by atoms with Crippen LogP contribution >= 0.6 is 11.8 Å². The number of carbonyl (C=O) groups excluding carboxylic acids is 2. The zero-order valence-corrected chi connectivity index (χ0v) is 19.1. The lowest BCUT2D eigenvalue weighted by molar-refractivity contribution is -0.131. The van der Waals surface area contributed by atoms with E-state index in [0.717, 1.165) is 55.2 Å². The molecule has 4 rings (SSSR count). The number of rotatable bonds is 8. The average molecular weight is 434 g/mol. The predicted molar refractivity (Wildman–Crippen MR) is 117 cm³/mol. The highest BCUT2D eigenvalue weighted by Gasteiger charge is 2.42. The molecule has 1 N–H and O–H groups in total. The fourth-order valence-electron chi connectivity index (χ4n) is 5.68. The smallest absolute Gasteiger partial charge is 0.230 e. The van der Waals surface area contributed by atoms with Gasteiger partial charge >= 0.3 is 0 Å². The first-order valence-corrected chi connectivity index (χ1v) is 12.7. The van der Waals surface area contributed by atoms with E-state index in [1.165, 1.54) is 37.4 Å². The molecule has 166 valence electrons. The summed E-state index contributed by atoms with van der Waals surface area (Å²) in [6.07, 6.45) is 9.13. The van der Waals surface area contributed by atoms with Crippen molar-refractivity contribution in [1.29, 1.82) is 0 Å². The number of amides is 2. The Morgan fingerprint density at radius 2 is 2.10 bits per heavy atom. The van der Waals surface area contributed by atoms with Crippen LogP contribution in [0.3, 0.4) is 0 Å². The first-order chi connectivity index (χ1) is 14.5. The summed E-state index contributed by atoms with van der Waals surface area (Å²) in [5.74, 6) is 3.80. The molecule has 0 unspecified atom stereocenters. The monoisotopic (exact) mass is 433 g/mol. The number of hydrogen-bond acceptors (Lipinski definition) is 5. The minimum atomic E-state index is 0.0742. The highest BCUT2D eigenvalue weighted by molar-refractivity contribution is 7.99. The van der Waals surface area contributed by atoms with Crippen LogP contribution in [-0.2, 0) is 22.7 Å². The normalized spacial score (nSPS) is 27.3. The van der Waals surface area contributed by atoms with Crippen LogP contribution < -0.4 is 5.32 Å². The second-order valence-electron chi connectivity index (χ2n) is 9.25. The van der Waals surface area contributed by atoms with Crippen molar-refractivity contribution >= 4 is 23.6 Å². The topological polar surface area (TPSA) is 80.1 Å². The Morgan fingerprint density at radius 3 is 2.83 bits per heavy atom. The molecule has 1 aliphatic heterocycles. The number of fused-ring (bicyclic) bond motifs is 2. The number of nitrogens with one attached hydrogen (secondary N) is 1. The number of thioether (sulfide) groups is 1. The Kier molecular flexibility index (Phi) is 7.01. The lowest BCUT2D eigenvalue weighted by Gasteiger charge is -2.28. The molecule has 1 aromatic heterocycles. The first-order valence-electron chi connectivity index (χ1n) is 11.7. The van der Waals surface area contributed by atoms with Gasteiger partial charge in [0.15, 0.2) is 11.0 Å². The van der Waals surface area contributed by atoms with Crippen LogP contribution in [0.1, 0.15) is 71.0 Å². The van der Waals surface area contributed by atoms with E-state index in [-0.39, 0.29) is 17.9 Å². The lowest BCUT2D eigenvalue weighted by Crippen LogP contribution is -2.40. The summed E-state index contributed by atoms with van der Waals surface area (Å²) in [6.45, 7) is 6.25. The third-order valence-corrected chi connectivity index (χ3v) is 8.24. The van der Waals surface area contributed by atoms with Crippen LogP contribution in [0, 0.1) is 17.8 Å². The van der Waals surface area contributed by atoms with Crippen molar-refractivity contribution in [2.75, 3.05) is 12.3 Å². The fourth-order valence-corrected chi connectivity index (χ4v) is 6.51. The van der Waals surface area contributed by atoms with Gasteiger partial charge in [-0.15, -0.1) is 10.2 Å². The van der Waals surface area contributed by atoms with E-state index in [4.69, 9.17) is 0 Å². The van der Waals surface area contributed by atoms with Gasteiger partial charge in [-0.05, 0) is 63.7 Å². The summed E-state index contributed by atoms with van der Waals surface area (Å²) in [4.78, 5) is 26.8. The van der Waals surface area contributed by atoms with E-state index in [2.05, 4.69) is 29.4 Å². The Morgan fingerprint density at radius 1 is 1.23 bits per heavy atom. The maximum Gasteiger partial charge on any atom is 0.230 e. The van der Waals surface area contributed by atoms with Gasteiger partial charge in [0.2, 0.25) is 11.8 Å². The SMILES string of the molecule is CCn1c(CN2CCCCCC2=O)nnc1SCC(=O)N[C@H](C)[C@H]1C[C@H]2CC[C@H]1C2. The van der Waals surface area contributed by atoms with Crippen molar-refractivity contribution in [3.8, 4) is 0 Å². The van der Waals surface area contributed by atoms with E-state index in [1.54, 1.807) is 0 Å². The summed E-state index contributed by atoms with van der Waals surface area (Å²) in [5, 5.41) is 12.7. The van der Waals surface area contributed by atoms with Gasteiger partial charge in [-0.1, -0.05) is 24.6 Å². The minimum absolute atomic E-state index is 0.0742. The van der Waals surface area contributed by atoms with Gasteiger partial charge in [0.05, 0.1) is 12.3 Å². The van der Waals surface area contributed by atoms with E-state index < -0.39 is 0 Å². The molecular formula is C22H35N5O2S. The molecule has 2 aliphatic carbocycles. The molecular weight excluding hydrogens is 398 g/mol. The van der Waals surface area contributed by atoms with Crippen molar-refractivity contribution in [2.45, 2.75) is 89.5 Å². The summed E-state index contributed by atoms with van der Waals surface area (Å²) >= 11 is 1.44. The molecule has 8 heteroatoms. The summed E-state index contributed by atoms with van der Waals surface area (Å²) in [5.41, 5.74) is 0. The van der Waals surface area contributed by atoms with E-state index >= 15 is 0 Å². The third kappa shape index (κ3) is 4.84. The molecule has 2 heterocycles. The molecule has 0 aromatic carbocycles. The van der Waals surface area contributed by atoms with Crippen molar-refractivity contribution < 1.29 is 9.59 Å². The van der Waals surface area contributed by atoms with Crippen molar-refractivity contribution in [3.05, 3.63) is 5.82 Å². The van der Waals surface area contributed by atoms with E-state index in [1.807, 2.05) is 9.47 Å². The second kappa shape index (κ2) is 9.71. The minimum Gasteiger partial charge on any atom is -0.353 e. The molecule has 7 nitrogen and oxygen atoms in total. The van der Waals surface area contributed by atoms with Gasteiger partial charge in [-0.2, -0.15) is 0 Å². The Hall–Kier alpha value is -1.57. The Balaban J connectivity index is 1.30. The van der Waals surface area contributed by atoms with Crippen molar-refractivity contribution in [2.24, 2.45) is 17.8 Å². The Bertz CT molecular complexity index is 767. The molecule has 4 atom stereocenters. The Labute approximate surface area is 183 Å². The quantitative estimate of drug-likeness (QED) is 0.637. The van der Waals surface area contributed by atoms with Gasteiger partial charge < -0.3 is 14.8 Å². The van der Waals surface area contributed by atoms with Gasteiger partial charge in [0, 0.05) is 25.6 Å². The highest BCUT2D eigenvalue weighted by Crippen LogP contribution is 2.49. The maximum absolute atomic E-state index is 12.6. The molecule has 2 amide bonds. The molecule has 0 spiro atoms. The number of nitrogens with zero attached hydrogens (tertiary/aromatic N) is 4. The molecule has 1 saturated heterocycles. The largest absolute Gasteiger partial charge is 0.353 e. The molecule has 3 fully saturated rings. The van der Waals surface area contributed by atoms with E-state index in [0.29, 0.717) is 24.6 Å². The molecule has 2 bridgehead atoms. The van der Waals surface area contributed by atoms with Crippen LogP contribution in [0.5, 0.6) is 0 Å². The maximum atomic E-state index is 12.6. The summed E-state index contributed by atoms with van der Waals surface area (Å²) in [7, 11) is 0. The number of likely N-dealkylation sites (tertiary alicyclic amines) is 1. The predicted octanol–water partition coefficient (Wildman–Crippen LogP) is 3.23. The number of hydrogen-bond donors (Lipinski definition) is 1. The molecule has 1 aromatic rings. The van der Waals surface area contributed by atoms with Crippen LogP contribution in [-0.4, -0.2) is 49.8 Å². The zero-order valence-electron chi connectivity index (χ0n) is 18.3. The van der Waals surface area contributed by atoms with Crippen LogP contribution in [0.25, 0.3) is 0 Å². The van der Waals surface area contributed by atoms with Gasteiger partial charge in [0.25, 0.3) is 0 Å². The fraction of sp³-hybridized carbons (Fsp3) is 0.818. The zero-order chi connectivity index (χ0) is 21.1. The lowest BCUT2D eigenvalue weighted by atomic mass is 9.84. The van der Waals surface area contributed by atoms with E-state index in [9.17, 15) is 9.59 Å². The highest BCUT2D eigenvalue weighted by atomic mass is 32.2. The van der Waals surface area contributed by atoms with Crippen molar-refractivity contribution in [1.82, 2.24) is 25.0 Å². The first kappa shape index (κ1) is 21.7. The van der Waals surface area contributed by atoms with Gasteiger partial charge in [0.1, 0.15) is 0 Å². The van der Waals surface area contributed by atoms with Gasteiger partial charge in [-0.25, -0.2) is 0 Å². The molecule has 30 heavy (non-hydrogen) atoms. The summed E-state index contributed by atoms with van der Waals surface area (Å²) in [6, 6.07) is 0.252. The summed E-state index contributed by atoms with van der Waals surface area (Å²) < 4.78 is 2.04. The molecule has 3 aliphatic rings. The average Bonchev–Trinajstić information content (AvgIpc) is 3.43. The third-order valence-electron chi connectivity index (χ3n) is 7.27. The standard InChI is InChI=1S/C22H35N5O2S/c1-3-27-19(13-26-10-6-4-5-7-21(26)29)24-25-22(27)30-14-20(28)23-15(2)18-12-16-8-9-17(18)11-16/h15-18H,3-14H2,1-2H3,(H,23,28)/t15-,16+,17+,18-/m1/s1.